The van der Waals surface area contributed by atoms with E-state index in [-0.39, 0.29) is 18.2 Å². The first-order chi connectivity index (χ1) is 11.7. The molecule has 0 spiro atoms. The molecule has 1 rings (SSSR count). The highest BCUT2D eigenvalue weighted by Gasteiger charge is 2.20. The maximum atomic E-state index is 11.9. The second-order valence-corrected chi connectivity index (χ2v) is 6.51. The fraction of sp³-hybridized carbons (Fsp3) is 0.421. The van der Waals surface area contributed by atoms with Crippen molar-refractivity contribution in [2.24, 2.45) is 5.41 Å². The molecule has 0 fully saturated rings. The number of rotatable bonds is 7. The van der Waals surface area contributed by atoms with E-state index in [2.05, 4.69) is 10.6 Å². The van der Waals surface area contributed by atoms with E-state index in [1.807, 2.05) is 20.8 Å². The number of nitrogens with one attached hydrogen (secondary N) is 2. The van der Waals surface area contributed by atoms with Gasteiger partial charge in [-0.05, 0) is 30.7 Å². The van der Waals surface area contributed by atoms with Crippen LogP contribution in [0.25, 0.3) is 6.08 Å². The van der Waals surface area contributed by atoms with Crippen LogP contribution in [0.1, 0.15) is 39.7 Å². The van der Waals surface area contributed by atoms with Crippen molar-refractivity contribution in [1.29, 1.82) is 0 Å². The second-order valence-electron chi connectivity index (χ2n) is 6.51. The third-order valence-electron chi connectivity index (χ3n) is 3.21. The fourth-order valence-electron chi connectivity index (χ4n) is 1.81. The van der Waals surface area contributed by atoms with Gasteiger partial charge in [0.05, 0.1) is 6.61 Å². The van der Waals surface area contributed by atoms with E-state index in [0.29, 0.717) is 18.8 Å². The summed E-state index contributed by atoms with van der Waals surface area (Å²) in [6, 6.07) is 7.06. The number of ether oxygens (including phenoxy) is 1. The van der Waals surface area contributed by atoms with Gasteiger partial charge in [-0.3, -0.25) is 9.59 Å². The third-order valence-corrected chi connectivity index (χ3v) is 3.21. The molecule has 136 valence electrons. The van der Waals surface area contributed by atoms with Gasteiger partial charge in [0.2, 0.25) is 11.8 Å². The lowest BCUT2D eigenvalue weighted by Gasteiger charge is -2.17. The van der Waals surface area contributed by atoms with Crippen molar-refractivity contribution in [2.45, 2.75) is 34.1 Å². The Kier molecular flexibility index (Phi) is 7.85. The smallest absolute Gasteiger partial charge is 0.330 e. The van der Waals surface area contributed by atoms with Crippen LogP contribution in [0.3, 0.4) is 0 Å². The van der Waals surface area contributed by atoms with Crippen molar-refractivity contribution >= 4 is 29.5 Å². The van der Waals surface area contributed by atoms with Crippen molar-refractivity contribution in [3.05, 3.63) is 35.9 Å². The van der Waals surface area contributed by atoms with Crippen molar-refractivity contribution in [3.63, 3.8) is 0 Å². The summed E-state index contributed by atoms with van der Waals surface area (Å²) in [4.78, 5) is 34.8. The number of amides is 2. The fourth-order valence-corrected chi connectivity index (χ4v) is 1.81. The summed E-state index contributed by atoms with van der Waals surface area (Å²) in [5.41, 5.74) is 1.01. The van der Waals surface area contributed by atoms with Gasteiger partial charge in [0.25, 0.3) is 0 Å². The zero-order valence-electron chi connectivity index (χ0n) is 15.2. The molecule has 0 heterocycles. The first kappa shape index (κ1) is 20.4. The van der Waals surface area contributed by atoms with Crippen LogP contribution >= 0.6 is 0 Å². The Balaban J connectivity index is 2.43. The SMILES string of the molecule is CCOC(=O)/C=C/c1ccc(NC(=O)CCNC(=O)C(C)(C)C)cc1. The zero-order chi connectivity index (χ0) is 18.9. The topological polar surface area (TPSA) is 84.5 Å². The molecule has 1 aromatic rings. The van der Waals surface area contributed by atoms with E-state index in [0.717, 1.165) is 5.56 Å². The quantitative estimate of drug-likeness (QED) is 0.587. The molecular formula is C19H26N2O4. The summed E-state index contributed by atoms with van der Waals surface area (Å²) in [7, 11) is 0. The number of carbonyl (C=O) groups is 3. The summed E-state index contributed by atoms with van der Waals surface area (Å²) < 4.78 is 4.80. The summed E-state index contributed by atoms with van der Waals surface area (Å²) >= 11 is 0. The Morgan fingerprint density at radius 3 is 2.32 bits per heavy atom. The minimum absolute atomic E-state index is 0.0851. The van der Waals surface area contributed by atoms with Crippen LogP contribution in [0.2, 0.25) is 0 Å². The Labute approximate surface area is 148 Å². The van der Waals surface area contributed by atoms with E-state index >= 15 is 0 Å². The molecular weight excluding hydrogens is 320 g/mol. The second kappa shape index (κ2) is 9.61. The molecule has 0 unspecified atom stereocenters. The molecule has 6 nitrogen and oxygen atoms in total. The number of carbonyl (C=O) groups excluding carboxylic acids is 3. The summed E-state index contributed by atoms with van der Waals surface area (Å²) in [5, 5.41) is 5.49. The standard InChI is InChI=1S/C19H26N2O4/c1-5-25-17(23)11-8-14-6-9-15(10-7-14)21-16(22)12-13-20-18(24)19(2,3)4/h6-11H,5,12-13H2,1-4H3,(H,20,24)(H,21,22)/b11-8+. The molecule has 0 aliphatic carbocycles. The van der Waals surface area contributed by atoms with Gasteiger partial charge in [0, 0.05) is 30.1 Å². The highest BCUT2D eigenvalue weighted by Crippen LogP contribution is 2.13. The Bertz CT molecular complexity index is 628. The maximum absolute atomic E-state index is 11.9. The molecule has 0 aliphatic heterocycles. The number of hydrogen-bond donors (Lipinski definition) is 2. The Morgan fingerprint density at radius 1 is 1.12 bits per heavy atom. The van der Waals surface area contributed by atoms with E-state index < -0.39 is 11.4 Å². The molecule has 25 heavy (non-hydrogen) atoms. The molecule has 0 atom stereocenters. The van der Waals surface area contributed by atoms with Crippen LogP contribution in [-0.2, 0) is 19.1 Å². The van der Waals surface area contributed by atoms with E-state index in [1.54, 1.807) is 37.3 Å². The minimum atomic E-state index is -0.469. The molecule has 0 saturated carbocycles. The molecule has 0 aromatic heterocycles. The monoisotopic (exact) mass is 346 g/mol. The number of esters is 1. The molecule has 2 N–H and O–H groups in total. The third kappa shape index (κ3) is 8.15. The van der Waals surface area contributed by atoms with Gasteiger partial charge in [-0.25, -0.2) is 4.79 Å². The minimum Gasteiger partial charge on any atom is -0.463 e. The van der Waals surface area contributed by atoms with Gasteiger partial charge in [-0.15, -0.1) is 0 Å². The summed E-state index contributed by atoms with van der Waals surface area (Å²) in [6.07, 6.45) is 3.20. The van der Waals surface area contributed by atoms with Gasteiger partial charge < -0.3 is 15.4 Å². The Morgan fingerprint density at radius 2 is 1.76 bits per heavy atom. The average molecular weight is 346 g/mol. The largest absolute Gasteiger partial charge is 0.463 e. The van der Waals surface area contributed by atoms with E-state index in [4.69, 9.17) is 4.74 Å². The first-order valence-electron chi connectivity index (χ1n) is 8.25. The zero-order valence-corrected chi connectivity index (χ0v) is 15.2. The van der Waals surface area contributed by atoms with Crippen molar-refractivity contribution in [1.82, 2.24) is 5.32 Å². The van der Waals surface area contributed by atoms with Crippen molar-refractivity contribution < 1.29 is 19.1 Å². The van der Waals surface area contributed by atoms with Crippen LogP contribution in [0.4, 0.5) is 5.69 Å². The van der Waals surface area contributed by atoms with Crippen LogP contribution in [0.15, 0.2) is 30.3 Å². The Hall–Kier alpha value is -2.63. The lowest BCUT2D eigenvalue weighted by atomic mass is 9.96. The number of benzene rings is 1. The predicted molar refractivity (Wildman–Crippen MR) is 97.8 cm³/mol. The lowest BCUT2D eigenvalue weighted by Crippen LogP contribution is -2.36. The normalized spacial score (nSPS) is 11.2. The molecule has 0 radical (unpaired) electrons. The molecule has 6 heteroatoms. The van der Waals surface area contributed by atoms with Crippen LogP contribution in [0.5, 0.6) is 0 Å². The maximum Gasteiger partial charge on any atom is 0.330 e. The molecule has 0 aliphatic rings. The van der Waals surface area contributed by atoms with Crippen LogP contribution in [-0.4, -0.2) is 30.9 Å². The summed E-state index contributed by atoms with van der Waals surface area (Å²) in [6.45, 7) is 7.84. The van der Waals surface area contributed by atoms with Gasteiger partial charge in [-0.1, -0.05) is 32.9 Å². The number of anilines is 1. The lowest BCUT2D eigenvalue weighted by molar-refractivity contribution is -0.137. The average Bonchev–Trinajstić information content (AvgIpc) is 2.53. The van der Waals surface area contributed by atoms with Gasteiger partial charge in [0.15, 0.2) is 0 Å². The highest BCUT2D eigenvalue weighted by molar-refractivity contribution is 5.91. The van der Waals surface area contributed by atoms with Crippen molar-refractivity contribution in [3.8, 4) is 0 Å². The molecule has 2 amide bonds. The van der Waals surface area contributed by atoms with E-state index in [9.17, 15) is 14.4 Å². The predicted octanol–water partition coefficient (Wildman–Crippen LogP) is 2.75. The van der Waals surface area contributed by atoms with Crippen LogP contribution < -0.4 is 10.6 Å². The highest BCUT2D eigenvalue weighted by atomic mass is 16.5. The molecule has 0 saturated heterocycles. The molecule has 1 aromatic carbocycles. The van der Waals surface area contributed by atoms with Gasteiger partial charge in [-0.2, -0.15) is 0 Å². The first-order valence-corrected chi connectivity index (χ1v) is 8.25. The van der Waals surface area contributed by atoms with Crippen LogP contribution in [0, 0.1) is 5.41 Å². The van der Waals surface area contributed by atoms with Gasteiger partial charge >= 0.3 is 5.97 Å². The summed E-state index contributed by atoms with van der Waals surface area (Å²) in [5.74, 6) is -0.653. The number of hydrogen-bond acceptors (Lipinski definition) is 4. The van der Waals surface area contributed by atoms with Gasteiger partial charge in [0.1, 0.15) is 0 Å². The molecule has 0 bridgehead atoms. The van der Waals surface area contributed by atoms with E-state index in [1.165, 1.54) is 6.08 Å². The van der Waals surface area contributed by atoms with Crippen molar-refractivity contribution in [2.75, 3.05) is 18.5 Å².